The standard InChI is InChI=1S/C24H21F3O4S/c1-30-17-16-21(19-12-6-3-7-13-19)23(31-32(28,29)24(25,26)27)22-15-9-8-14-20(22)18-10-4-2-5-11-18/h2-15H,16-17H2,1H3/b23-21+. The molecule has 0 radical (unpaired) electrons. The predicted molar refractivity (Wildman–Crippen MR) is 118 cm³/mol. The van der Waals surface area contributed by atoms with E-state index in [2.05, 4.69) is 0 Å². The number of rotatable bonds is 8. The van der Waals surface area contributed by atoms with Gasteiger partial charge in [0.15, 0.2) is 5.76 Å². The van der Waals surface area contributed by atoms with E-state index in [0.717, 1.165) is 0 Å². The Morgan fingerprint density at radius 1 is 0.844 bits per heavy atom. The third-order valence-electron chi connectivity index (χ3n) is 4.69. The molecule has 0 aromatic heterocycles. The summed E-state index contributed by atoms with van der Waals surface area (Å²) in [7, 11) is -4.47. The summed E-state index contributed by atoms with van der Waals surface area (Å²) in [4.78, 5) is 0. The smallest absolute Gasteiger partial charge is 0.384 e. The quantitative estimate of drug-likeness (QED) is 0.175. The Hall–Kier alpha value is -3.10. The molecule has 0 saturated carbocycles. The van der Waals surface area contributed by atoms with Crippen molar-refractivity contribution in [2.75, 3.05) is 13.7 Å². The van der Waals surface area contributed by atoms with Crippen LogP contribution in [-0.4, -0.2) is 27.6 Å². The summed E-state index contributed by atoms with van der Waals surface area (Å²) in [6.07, 6.45) is 0.131. The van der Waals surface area contributed by atoms with Crippen LogP contribution in [0.5, 0.6) is 0 Å². The Balaban J connectivity index is 2.33. The van der Waals surface area contributed by atoms with E-state index in [1.807, 2.05) is 6.07 Å². The Morgan fingerprint density at radius 2 is 1.41 bits per heavy atom. The zero-order valence-corrected chi connectivity index (χ0v) is 18.0. The first-order valence-corrected chi connectivity index (χ1v) is 11.1. The van der Waals surface area contributed by atoms with Crippen molar-refractivity contribution < 1.29 is 30.5 Å². The average Bonchev–Trinajstić information content (AvgIpc) is 2.79. The molecule has 0 N–H and O–H groups in total. The van der Waals surface area contributed by atoms with Gasteiger partial charge in [-0.3, -0.25) is 0 Å². The molecule has 0 unspecified atom stereocenters. The second-order valence-corrected chi connectivity index (χ2v) is 8.35. The van der Waals surface area contributed by atoms with Gasteiger partial charge < -0.3 is 8.92 Å². The molecule has 0 spiro atoms. The summed E-state index contributed by atoms with van der Waals surface area (Å²) in [6, 6.07) is 24.1. The minimum absolute atomic E-state index is 0.131. The number of alkyl halides is 3. The second kappa shape index (κ2) is 10.0. The monoisotopic (exact) mass is 462 g/mol. The fourth-order valence-corrected chi connectivity index (χ4v) is 3.70. The van der Waals surface area contributed by atoms with Crippen LogP contribution in [0.25, 0.3) is 22.5 Å². The highest BCUT2D eigenvalue weighted by molar-refractivity contribution is 7.87. The van der Waals surface area contributed by atoms with Gasteiger partial charge in [0.2, 0.25) is 0 Å². The van der Waals surface area contributed by atoms with Crippen LogP contribution in [0, 0.1) is 0 Å². The lowest BCUT2D eigenvalue weighted by atomic mass is 9.93. The molecular weight excluding hydrogens is 441 g/mol. The molecule has 0 bridgehead atoms. The number of hydrogen-bond acceptors (Lipinski definition) is 4. The molecule has 0 saturated heterocycles. The number of halogens is 3. The number of ether oxygens (including phenoxy) is 1. The van der Waals surface area contributed by atoms with Crippen LogP contribution >= 0.6 is 0 Å². The average molecular weight is 462 g/mol. The molecule has 3 aromatic rings. The molecule has 0 aliphatic carbocycles. The molecule has 0 atom stereocenters. The highest BCUT2D eigenvalue weighted by Crippen LogP contribution is 2.39. The Morgan fingerprint density at radius 3 is 2.00 bits per heavy atom. The summed E-state index contributed by atoms with van der Waals surface area (Å²) in [5.74, 6) is -0.384. The van der Waals surface area contributed by atoms with Crippen LogP contribution in [0.1, 0.15) is 17.5 Å². The Bertz CT molecular complexity index is 1170. The van der Waals surface area contributed by atoms with E-state index in [4.69, 9.17) is 8.92 Å². The molecule has 0 fully saturated rings. The zero-order chi connectivity index (χ0) is 23.2. The van der Waals surface area contributed by atoms with E-state index < -0.39 is 15.6 Å². The molecule has 3 rings (SSSR count). The van der Waals surface area contributed by atoms with E-state index in [9.17, 15) is 21.6 Å². The first-order chi connectivity index (χ1) is 15.2. The van der Waals surface area contributed by atoms with Gasteiger partial charge in [0.05, 0.1) is 6.61 Å². The van der Waals surface area contributed by atoms with Gasteiger partial charge in [0.25, 0.3) is 0 Å². The van der Waals surface area contributed by atoms with Crippen LogP contribution in [-0.2, 0) is 19.0 Å². The van der Waals surface area contributed by atoms with Crippen molar-refractivity contribution in [1.29, 1.82) is 0 Å². The molecule has 3 aromatic carbocycles. The third-order valence-corrected chi connectivity index (χ3v) is 5.64. The fraction of sp³-hybridized carbons (Fsp3) is 0.167. The normalized spacial score (nSPS) is 12.9. The van der Waals surface area contributed by atoms with Crippen molar-refractivity contribution in [3.05, 3.63) is 96.1 Å². The van der Waals surface area contributed by atoms with Gasteiger partial charge >= 0.3 is 15.6 Å². The summed E-state index contributed by atoms with van der Waals surface area (Å²) in [6.45, 7) is 0.149. The molecule has 0 aliphatic heterocycles. The molecule has 0 heterocycles. The molecule has 32 heavy (non-hydrogen) atoms. The molecular formula is C24H21F3O4S. The van der Waals surface area contributed by atoms with Gasteiger partial charge in [-0.25, -0.2) is 0 Å². The van der Waals surface area contributed by atoms with Gasteiger partial charge in [-0.15, -0.1) is 0 Å². The van der Waals surface area contributed by atoms with E-state index in [1.165, 1.54) is 7.11 Å². The first-order valence-electron chi connectivity index (χ1n) is 9.67. The second-order valence-electron chi connectivity index (χ2n) is 6.81. The number of benzene rings is 3. The molecule has 0 amide bonds. The SMILES string of the molecule is COCC/C(=C(\OS(=O)(=O)C(F)(F)F)c1ccccc1-c1ccccc1)c1ccccc1. The highest BCUT2D eigenvalue weighted by atomic mass is 32.2. The van der Waals surface area contributed by atoms with Crippen molar-refractivity contribution in [3.8, 4) is 11.1 Å². The van der Waals surface area contributed by atoms with Gasteiger partial charge in [-0.2, -0.15) is 21.6 Å². The summed E-state index contributed by atoms with van der Waals surface area (Å²) >= 11 is 0. The number of hydrogen-bond donors (Lipinski definition) is 0. The van der Waals surface area contributed by atoms with Gasteiger partial charge in [0.1, 0.15) is 0 Å². The first kappa shape index (κ1) is 23.6. The van der Waals surface area contributed by atoms with Gasteiger partial charge in [-0.1, -0.05) is 84.9 Å². The van der Waals surface area contributed by atoms with Crippen LogP contribution < -0.4 is 0 Å². The molecule has 8 heteroatoms. The largest absolute Gasteiger partial charge is 0.534 e. The number of methoxy groups -OCH3 is 1. The van der Waals surface area contributed by atoms with E-state index in [0.29, 0.717) is 16.7 Å². The van der Waals surface area contributed by atoms with E-state index in [-0.39, 0.29) is 29.9 Å². The lowest BCUT2D eigenvalue weighted by Crippen LogP contribution is -2.25. The highest BCUT2D eigenvalue weighted by Gasteiger charge is 2.49. The van der Waals surface area contributed by atoms with Gasteiger partial charge in [0, 0.05) is 24.7 Å². The minimum Gasteiger partial charge on any atom is -0.384 e. The van der Waals surface area contributed by atoms with Crippen LogP contribution in [0.3, 0.4) is 0 Å². The molecule has 4 nitrogen and oxygen atoms in total. The van der Waals surface area contributed by atoms with Crippen molar-refractivity contribution in [2.45, 2.75) is 11.9 Å². The van der Waals surface area contributed by atoms with Crippen LogP contribution in [0.15, 0.2) is 84.9 Å². The van der Waals surface area contributed by atoms with Crippen LogP contribution in [0.2, 0.25) is 0 Å². The van der Waals surface area contributed by atoms with Crippen molar-refractivity contribution in [1.82, 2.24) is 0 Å². The Kier molecular flexibility index (Phi) is 7.37. The molecule has 0 aliphatic rings. The summed E-state index contributed by atoms with van der Waals surface area (Å²) in [5.41, 5.74) is -3.31. The maximum absolute atomic E-state index is 13.3. The third kappa shape index (κ3) is 5.38. The van der Waals surface area contributed by atoms with E-state index >= 15 is 0 Å². The Labute approximate surface area is 185 Å². The van der Waals surface area contributed by atoms with Crippen molar-refractivity contribution in [3.63, 3.8) is 0 Å². The zero-order valence-electron chi connectivity index (χ0n) is 17.2. The summed E-state index contributed by atoms with van der Waals surface area (Å²) < 4.78 is 74.0. The van der Waals surface area contributed by atoms with Crippen molar-refractivity contribution >= 4 is 21.5 Å². The predicted octanol–water partition coefficient (Wildman–Crippen LogP) is 6.12. The lowest BCUT2D eigenvalue weighted by Gasteiger charge is -2.20. The fourth-order valence-electron chi connectivity index (χ4n) is 3.20. The topological polar surface area (TPSA) is 52.6 Å². The minimum atomic E-state index is -5.92. The van der Waals surface area contributed by atoms with Gasteiger partial charge in [-0.05, 0) is 16.7 Å². The van der Waals surface area contributed by atoms with Crippen molar-refractivity contribution in [2.24, 2.45) is 0 Å². The summed E-state index contributed by atoms with van der Waals surface area (Å²) in [5, 5.41) is 0. The maximum atomic E-state index is 13.3. The van der Waals surface area contributed by atoms with Crippen LogP contribution in [0.4, 0.5) is 13.2 Å². The lowest BCUT2D eigenvalue weighted by molar-refractivity contribution is -0.0509. The van der Waals surface area contributed by atoms with E-state index in [1.54, 1.807) is 78.9 Å². The molecule has 168 valence electrons. The maximum Gasteiger partial charge on any atom is 0.534 e.